The van der Waals surface area contributed by atoms with E-state index in [-0.39, 0.29) is 18.2 Å². The molecule has 21 heavy (non-hydrogen) atoms. The number of carboxylic acids is 1. The molecule has 1 amide bonds. The third-order valence-electron chi connectivity index (χ3n) is 3.80. The summed E-state index contributed by atoms with van der Waals surface area (Å²) in [6, 6.07) is 9.11. The molecule has 1 N–H and O–H groups in total. The number of furan rings is 1. The Labute approximate surface area is 121 Å². The molecule has 2 heterocycles. The van der Waals surface area contributed by atoms with Gasteiger partial charge in [-0.15, -0.1) is 0 Å². The van der Waals surface area contributed by atoms with E-state index in [0.29, 0.717) is 6.42 Å². The summed E-state index contributed by atoms with van der Waals surface area (Å²) in [4.78, 5) is 25.5. The van der Waals surface area contributed by atoms with E-state index in [0.717, 1.165) is 16.8 Å². The summed E-state index contributed by atoms with van der Waals surface area (Å²) in [5.74, 6) is -1.52. The molecule has 3 rings (SSSR count). The number of carbonyl (C=O) groups excluding carboxylic acids is 1. The van der Waals surface area contributed by atoms with Gasteiger partial charge in [0.1, 0.15) is 0 Å². The summed E-state index contributed by atoms with van der Waals surface area (Å²) in [5, 5.41) is 9.29. The molecule has 0 fully saturated rings. The van der Waals surface area contributed by atoms with Gasteiger partial charge in [0.2, 0.25) is 0 Å². The van der Waals surface area contributed by atoms with Crippen LogP contribution in [0.5, 0.6) is 0 Å². The first-order chi connectivity index (χ1) is 10.1. The molecule has 5 heteroatoms. The molecule has 1 unspecified atom stereocenters. The Morgan fingerprint density at radius 1 is 1.29 bits per heavy atom. The molecule has 0 saturated heterocycles. The number of hydrogen-bond acceptors (Lipinski definition) is 3. The average molecular weight is 285 g/mol. The summed E-state index contributed by atoms with van der Waals surface area (Å²) in [6.07, 6.45) is 1.90. The van der Waals surface area contributed by atoms with Crippen LogP contribution in [-0.4, -0.2) is 23.5 Å². The fraction of sp³-hybridized carbons (Fsp3) is 0.250. The Bertz CT molecular complexity index is 704. The van der Waals surface area contributed by atoms with Gasteiger partial charge in [0.25, 0.3) is 5.91 Å². The van der Waals surface area contributed by atoms with Gasteiger partial charge in [0.05, 0.1) is 12.2 Å². The number of benzene rings is 1. The number of para-hydroxylation sites is 1. The zero-order valence-corrected chi connectivity index (χ0v) is 11.6. The van der Waals surface area contributed by atoms with Crippen molar-refractivity contribution < 1.29 is 19.1 Å². The van der Waals surface area contributed by atoms with E-state index in [1.165, 1.54) is 11.2 Å². The van der Waals surface area contributed by atoms with Crippen molar-refractivity contribution in [2.75, 3.05) is 11.4 Å². The maximum Gasteiger partial charge on any atom is 0.308 e. The first-order valence-electron chi connectivity index (χ1n) is 6.74. The Morgan fingerprint density at radius 3 is 2.71 bits per heavy atom. The van der Waals surface area contributed by atoms with E-state index in [2.05, 4.69) is 0 Å². The highest BCUT2D eigenvalue weighted by atomic mass is 16.4. The Kier molecular flexibility index (Phi) is 3.25. The van der Waals surface area contributed by atoms with Crippen molar-refractivity contribution in [3.63, 3.8) is 0 Å². The van der Waals surface area contributed by atoms with Gasteiger partial charge in [0, 0.05) is 17.8 Å². The summed E-state index contributed by atoms with van der Waals surface area (Å²) in [5.41, 5.74) is 2.37. The predicted molar refractivity (Wildman–Crippen MR) is 76.4 cm³/mol. The lowest BCUT2D eigenvalue weighted by Gasteiger charge is -2.32. The van der Waals surface area contributed by atoms with Crippen LogP contribution in [0.2, 0.25) is 0 Å². The molecular weight excluding hydrogens is 270 g/mol. The third-order valence-corrected chi connectivity index (χ3v) is 3.80. The molecule has 0 aliphatic carbocycles. The van der Waals surface area contributed by atoms with Crippen LogP contribution in [-0.2, 0) is 11.2 Å². The fourth-order valence-corrected chi connectivity index (χ4v) is 2.67. The molecule has 2 aromatic rings. The number of nitrogens with zero attached hydrogens (tertiary/aromatic N) is 1. The van der Waals surface area contributed by atoms with Crippen LogP contribution in [0.3, 0.4) is 0 Å². The van der Waals surface area contributed by atoms with Crippen molar-refractivity contribution in [3.05, 3.63) is 53.5 Å². The Balaban J connectivity index is 2.02. The van der Waals surface area contributed by atoms with E-state index < -0.39 is 11.9 Å². The molecule has 1 aromatic heterocycles. The molecule has 1 atom stereocenters. The second-order valence-electron chi connectivity index (χ2n) is 5.22. The average Bonchev–Trinajstić information content (AvgIpc) is 2.91. The minimum atomic E-state index is -0.890. The van der Waals surface area contributed by atoms with Crippen molar-refractivity contribution in [1.29, 1.82) is 0 Å². The van der Waals surface area contributed by atoms with Crippen molar-refractivity contribution in [2.45, 2.75) is 13.3 Å². The van der Waals surface area contributed by atoms with Crippen LogP contribution in [0.1, 0.15) is 21.7 Å². The molecule has 1 aromatic carbocycles. The minimum absolute atomic E-state index is 0.158. The summed E-state index contributed by atoms with van der Waals surface area (Å²) < 4.78 is 5.25. The van der Waals surface area contributed by atoms with Gasteiger partial charge in [-0.2, -0.15) is 0 Å². The number of anilines is 1. The Morgan fingerprint density at radius 2 is 2.05 bits per heavy atom. The first-order valence-corrected chi connectivity index (χ1v) is 6.74. The van der Waals surface area contributed by atoms with Gasteiger partial charge in [-0.3, -0.25) is 9.59 Å². The number of hydrogen-bond donors (Lipinski definition) is 1. The van der Waals surface area contributed by atoms with E-state index in [1.54, 1.807) is 13.0 Å². The second-order valence-corrected chi connectivity index (χ2v) is 5.22. The minimum Gasteiger partial charge on any atom is -0.481 e. The van der Waals surface area contributed by atoms with Gasteiger partial charge < -0.3 is 14.4 Å². The van der Waals surface area contributed by atoms with Crippen LogP contribution >= 0.6 is 0 Å². The van der Waals surface area contributed by atoms with E-state index >= 15 is 0 Å². The van der Waals surface area contributed by atoms with Crippen LogP contribution in [0.15, 0.2) is 41.0 Å². The lowest BCUT2D eigenvalue weighted by Crippen LogP contribution is -2.42. The maximum absolute atomic E-state index is 12.7. The number of carboxylic acid groups (broad SMARTS) is 1. The number of aryl methyl sites for hydroxylation is 1. The third kappa shape index (κ3) is 2.31. The van der Waals surface area contributed by atoms with E-state index in [4.69, 9.17) is 4.42 Å². The van der Waals surface area contributed by atoms with Gasteiger partial charge >= 0.3 is 5.97 Å². The zero-order valence-electron chi connectivity index (χ0n) is 11.6. The van der Waals surface area contributed by atoms with Crippen molar-refractivity contribution in [1.82, 2.24) is 0 Å². The highest BCUT2D eigenvalue weighted by Crippen LogP contribution is 2.31. The van der Waals surface area contributed by atoms with Gasteiger partial charge in [-0.1, -0.05) is 18.2 Å². The molecule has 0 bridgehead atoms. The molecule has 1 aliphatic rings. The highest BCUT2D eigenvalue weighted by Gasteiger charge is 2.33. The van der Waals surface area contributed by atoms with Crippen LogP contribution in [0.4, 0.5) is 5.69 Å². The predicted octanol–water partition coefficient (Wildman–Crippen LogP) is 2.49. The monoisotopic (exact) mass is 285 g/mol. The SMILES string of the molecule is Cc1ccoc1C(=O)N1CC(C(=O)O)Cc2ccccc21. The number of fused-ring (bicyclic) bond motifs is 1. The zero-order chi connectivity index (χ0) is 15.0. The summed E-state index contributed by atoms with van der Waals surface area (Å²) in [7, 11) is 0. The number of aliphatic carboxylic acids is 1. The Hall–Kier alpha value is -2.56. The molecule has 0 saturated carbocycles. The quantitative estimate of drug-likeness (QED) is 0.920. The molecule has 0 spiro atoms. The smallest absolute Gasteiger partial charge is 0.308 e. The topological polar surface area (TPSA) is 70.8 Å². The van der Waals surface area contributed by atoms with Crippen LogP contribution in [0.25, 0.3) is 0 Å². The summed E-state index contributed by atoms with van der Waals surface area (Å²) >= 11 is 0. The number of amides is 1. The first kappa shape index (κ1) is 13.4. The molecule has 108 valence electrons. The standard InChI is InChI=1S/C16H15NO4/c1-10-6-7-21-14(10)15(18)17-9-12(16(19)20)8-11-4-2-3-5-13(11)17/h2-7,12H,8-9H2,1H3,(H,19,20). The van der Waals surface area contributed by atoms with Gasteiger partial charge in [-0.25, -0.2) is 0 Å². The molecular formula is C16H15NO4. The molecule has 0 radical (unpaired) electrons. The normalized spacial score (nSPS) is 17.4. The number of rotatable bonds is 2. The lowest BCUT2D eigenvalue weighted by molar-refractivity contribution is -0.141. The van der Waals surface area contributed by atoms with Gasteiger partial charge in [-0.05, 0) is 31.0 Å². The van der Waals surface area contributed by atoms with E-state index in [9.17, 15) is 14.7 Å². The summed E-state index contributed by atoms with van der Waals surface area (Å²) in [6.45, 7) is 1.95. The lowest BCUT2D eigenvalue weighted by atomic mass is 9.92. The van der Waals surface area contributed by atoms with Crippen molar-refractivity contribution in [3.8, 4) is 0 Å². The largest absolute Gasteiger partial charge is 0.481 e. The number of carbonyl (C=O) groups is 2. The van der Waals surface area contributed by atoms with Crippen molar-refractivity contribution >= 4 is 17.6 Å². The van der Waals surface area contributed by atoms with Crippen LogP contribution in [0, 0.1) is 12.8 Å². The van der Waals surface area contributed by atoms with Crippen molar-refractivity contribution in [2.24, 2.45) is 5.92 Å². The van der Waals surface area contributed by atoms with Gasteiger partial charge in [0.15, 0.2) is 5.76 Å². The maximum atomic E-state index is 12.7. The second kappa shape index (κ2) is 5.09. The molecule has 5 nitrogen and oxygen atoms in total. The molecule has 1 aliphatic heterocycles. The van der Waals surface area contributed by atoms with Crippen LogP contribution < -0.4 is 4.90 Å². The fourth-order valence-electron chi connectivity index (χ4n) is 2.67. The van der Waals surface area contributed by atoms with E-state index in [1.807, 2.05) is 24.3 Å². The highest BCUT2D eigenvalue weighted by molar-refractivity contribution is 6.06.